The number of benzene rings is 2. The summed E-state index contributed by atoms with van der Waals surface area (Å²) in [5.41, 5.74) is 0.565. The van der Waals surface area contributed by atoms with Crippen LogP contribution in [-0.4, -0.2) is 12.6 Å². The maximum absolute atomic E-state index is 12.4. The number of carbonyl (C=O) groups is 1. The Balaban J connectivity index is 2.58. The molecule has 0 aliphatic carbocycles. The molecule has 0 saturated heterocycles. The van der Waals surface area contributed by atoms with Crippen molar-refractivity contribution < 1.29 is 9.53 Å². The molecule has 0 aliphatic heterocycles. The summed E-state index contributed by atoms with van der Waals surface area (Å²) >= 11 is 0. The number of hydrogen-bond acceptors (Lipinski definition) is 3. The van der Waals surface area contributed by atoms with Gasteiger partial charge in [0.1, 0.15) is 0 Å². The Hall–Kier alpha value is -2.60. The first-order valence-corrected chi connectivity index (χ1v) is 7.32. The van der Waals surface area contributed by atoms with Crippen molar-refractivity contribution in [3.05, 3.63) is 71.8 Å². The number of carbonyl (C=O) groups excluding carboxylic acids is 1. The van der Waals surface area contributed by atoms with Gasteiger partial charge in [-0.25, -0.2) is 0 Å². The van der Waals surface area contributed by atoms with Gasteiger partial charge in [0.05, 0.1) is 12.7 Å². The molecule has 0 fully saturated rings. The summed E-state index contributed by atoms with van der Waals surface area (Å²) < 4.78 is 5.16. The quantitative estimate of drug-likeness (QED) is 0.785. The fourth-order valence-electron chi connectivity index (χ4n) is 2.66. The molecule has 1 atom stereocenters. The van der Waals surface area contributed by atoms with E-state index in [9.17, 15) is 10.1 Å². The van der Waals surface area contributed by atoms with E-state index in [1.807, 2.05) is 60.7 Å². The van der Waals surface area contributed by atoms with Crippen LogP contribution in [0.25, 0.3) is 0 Å². The van der Waals surface area contributed by atoms with Crippen LogP contribution in [0.15, 0.2) is 60.7 Å². The second kappa shape index (κ2) is 6.91. The number of rotatable bonds is 5. The first-order chi connectivity index (χ1) is 10.6. The zero-order valence-electron chi connectivity index (χ0n) is 12.8. The molecule has 3 nitrogen and oxygen atoms in total. The van der Waals surface area contributed by atoms with Crippen molar-refractivity contribution in [2.45, 2.75) is 19.8 Å². The van der Waals surface area contributed by atoms with Crippen LogP contribution in [0.5, 0.6) is 0 Å². The summed E-state index contributed by atoms with van der Waals surface area (Å²) in [5, 5.41) is 9.72. The molecule has 112 valence electrons. The van der Waals surface area contributed by atoms with Gasteiger partial charge in [-0.1, -0.05) is 60.7 Å². The molecule has 0 heterocycles. The van der Waals surface area contributed by atoms with Crippen LogP contribution in [0.2, 0.25) is 0 Å². The minimum atomic E-state index is -1.28. The maximum Gasteiger partial charge on any atom is 0.327 e. The van der Waals surface area contributed by atoms with Crippen LogP contribution in [0.3, 0.4) is 0 Å². The third-order valence-electron chi connectivity index (χ3n) is 3.77. The van der Waals surface area contributed by atoms with Crippen molar-refractivity contribution in [1.82, 2.24) is 0 Å². The molecule has 1 unspecified atom stereocenters. The van der Waals surface area contributed by atoms with E-state index in [2.05, 4.69) is 6.07 Å². The van der Waals surface area contributed by atoms with E-state index in [0.717, 1.165) is 11.1 Å². The molecule has 0 radical (unpaired) electrons. The lowest BCUT2D eigenvalue weighted by Crippen LogP contribution is -2.35. The van der Waals surface area contributed by atoms with Crippen LogP contribution in [0.4, 0.5) is 0 Å². The first kappa shape index (κ1) is 15.8. The number of nitrogens with zero attached hydrogens (tertiary/aromatic N) is 1. The Kier molecular flexibility index (Phi) is 4.95. The summed E-state index contributed by atoms with van der Waals surface area (Å²) in [4.78, 5) is 12.4. The number of nitriles is 1. The topological polar surface area (TPSA) is 50.1 Å². The highest BCUT2D eigenvalue weighted by Gasteiger charge is 2.44. The lowest BCUT2D eigenvalue weighted by Gasteiger charge is -2.30. The SMILES string of the molecule is CCOC(=O)C(C)(C#N)C(c1ccccc1)c1ccccc1. The molecule has 2 aromatic rings. The van der Waals surface area contributed by atoms with Gasteiger partial charge in [-0.3, -0.25) is 4.79 Å². The molecule has 0 aromatic heterocycles. The molecule has 0 amide bonds. The number of hydrogen-bond donors (Lipinski definition) is 0. The number of esters is 1. The molecule has 2 aromatic carbocycles. The van der Waals surface area contributed by atoms with E-state index in [-0.39, 0.29) is 12.5 Å². The summed E-state index contributed by atoms with van der Waals surface area (Å²) in [6.45, 7) is 3.65. The first-order valence-electron chi connectivity index (χ1n) is 7.32. The molecule has 0 N–H and O–H groups in total. The molecular formula is C19H19NO2. The highest BCUT2D eigenvalue weighted by molar-refractivity contribution is 5.82. The van der Waals surface area contributed by atoms with Crippen molar-refractivity contribution >= 4 is 5.97 Å². The van der Waals surface area contributed by atoms with Gasteiger partial charge in [-0.15, -0.1) is 0 Å². The fraction of sp³-hybridized carbons (Fsp3) is 0.263. The van der Waals surface area contributed by atoms with Crippen LogP contribution in [0, 0.1) is 16.7 Å². The van der Waals surface area contributed by atoms with Gasteiger partial charge < -0.3 is 4.74 Å². The average molecular weight is 293 g/mol. The maximum atomic E-state index is 12.4. The lowest BCUT2D eigenvalue weighted by atomic mass is 9.71. The molecule has 0 saturated carbocycles. The second-order valence-corrected chi connectivity index (χ2v) is 5.29. The highest BCUT2D eigenvalue weighted by Crippen LogP contribution is 2.41. The van der Waals surface area contributed by atoms with E-state index in [1.165, 1.54) is 0 Å². The Labute approximate surface area is 131 Å². The van der Waals surface area contributed by atoms with E-state index < -0.39 is 11.4 Å². The Morgan fingerprint density at radius 2 is 1.55 bits per heavy atom. The van der Waals surface area contributed by atoms with Crippen LogP contribution >= 0.6 is 0 Å². The van der Waals surface area contributed by atoms with Crippen LogP contribution in [-0.2, 0) is 9.53 Å². The molecule has 22 heavy (non-hydrogen) atoms. The summed E-state index contributed by atoms with van der Waals surface area (Å²) in [5.74, 6) is -0.867. The minimum absolute atomic E-state index is 0.256. The zero-order chi connectivity index (χ0) is 16.0. The van der Waals surface area contributed by atoms with Gasteiger partial charge in [0.15, 0.2) is 5.41 Å². The predicted molar refractivity (Wildman–Crippen MR) is 85.1 cm³/mol. The van der Waals surface area contributed by atoms with Crippen molar-refractivity contribution in [2.75, 3.05) is 6.61 Å². The van der Waals surface area contributed by atoms with E-state index in [4.69, 9.17) is 4.74 Å². The third-order valence-corrected chi connectivity index (χ3v) is 3.77. The fourth-order valence-corrected chi connectivity index (χ4v) is 2.66. The van der Waals surface area contributed by atoms with Gasteiger partial charge in [0.2, 0.25) is 0 Å². The summed E-state index contributed by atoms with van der Waals surface area (Å²) in [6, 6.07) is 21.4. The zero-order valence-corrected chi connectivity index (χ0v) is 12.8. The second-order valence-electron chi connectivity index (χ2n) is 5.29. The Bertz CT molecular complexity index is 621. The summed E-state index contributed by atoms with van der Waals surface area (Å²) in [7, 11) is 0. The molecule has 0 bridgehead atoms. The third kappa shape index (κ3) is 3.01. The van der Waals surface area contributed by atoms with E-state index in [0.29, 0.717) is 0 Å². The largest absolute Gasteiger partial charge is 0.465 e. The van der Waals surface area contributed by atoms with Gasteiger partial charge in [0, 0.05) is 5.92 Å². The summed E-state index contributed by atoms with van der Waals surface area (Å²) in [6.07, 6.45) is 0. The molecule has 3 heteroatoms. The van der Waals surface area contributed by atoms with Crippen molar-refractivity contribution in [3.8, 4) is 6.07 Å². The van der Waals surface area contributed by atoms with Crippen molar-refractivity contribution in [2.24, 2.45) is 5.41 Å². The Morgan fingerprint density at radius 3 is 1.91 bits per heavy atom. The predicted octanol–water partition coefficient (Wildman–Crippen LogP) is 3.91. The monoisotopic (exact) mass is 293 g/mol. The molecule has 2 rings (SSSR count). The van der Waals surface area contributed by atoms with Gasteiger partial charge in [0.25, 0.3) is 0 Å². The average Bonchev–Trinajstić information content (AvgIpc) is 2.57. The smallest absolute Gasteiger partial charge is 0.327 e. The van der Waals surface area contributed by atoms with Crippen LogP contribution < -0.4 is 0 Å². The standard InChI is InChI=1S/C19H19NO2/c1-3-22-18(21)19(2,14-20)17(15-10-6-4-7-11-15)16-12-8-5-9-13-16/h4-13,17H,3H2,1-2H3. The molecule has 0 aliphatic rings. The molecule has 0 spiro atoms. The minimum Gasteiger partial charge on any atom is -0.465 e. The Morgan fingerprint density at radius 1 is 1.09 bits per heavy atom. The van der Waals surface area contributed by atoms with E-state index >= 15 is 0 Å². The molecular weight excluding hydrogens is 274 g/mol. The normalized spacial score (nSPS) is 13.2. The van der Waals surface area contributed by atoms with Gasteiger partial charge in [-0.2, -0.15) is 5.26 Å². The van der Waals surface area contributed by atoms with Gasteiger partial charge in [-0.05, 0) is 25.0 Å². The van der Waals surface area contributed by atoms with Gasteiger partial charge >= 0.3 is 5.97 Å². The van der Waals surface area contributed by atoms with Crippen molar-refractivity contribution in [1.29, 1.82) is 5.26 Å². The number of ether oxygens (including phenoxy) is 1. The highest BCUT2D eigenvalue weighted by atomic mass is 16.5. The lowest BCUT2D eigenvalue weighted by molar-refractivity contribution is -0.151. The van der Waals surface area contributed by atoms with Crippen LogP contribution in [0.1, 0.15) is 30.9 Å². The van der Waals surface area contributed by atoms with E-state index in [1.54, 1.807) is 13.8 Å². The van der Waals surface area contributed by atoms with Crippen molar-refractivity contribution in [3.63, 3.8) is 0 Å².